The predicted molar refractivity (Wildman–Crippen MR) is 118 cm³/mol. The Hall–Kier alpha value is -2.45. The van der Waals surface area contributed by atoms with E-state index in [-0.39, 0.29) is 18.4 Å². The van der Waals surface area contributed by atoms with Crippen molar-refractivity contribution in [1.29, 1.82) is 0 Å². The van der Waals surface area contributed by atoms with Crippen molar-refractivity contribution in [2.75, 3.05) is 56.5 Å². The molecule has 2 aromatic rings. The molecular weight excluding hydrogens is 434 g/mol. The number of aromatic nitrogens is 1. The van der Waals surface area contributed by atoms with E-state index in [1.165, 1.54) is 4.90 Å². The third-order valence-electron chi connectivity index (χ3n) is 4.91. The second kappa shape index (κ2) is 9.84. The van der Waals surface area contributed by atoms with E-state index in [4.69, 9.17) is 0 Å². The van der Waals surface area contributed by atoms with Crippen LogP contribution in [0.5, 0.6) is 0 Å². The Kier molecular flexibility index (Phi) is 7.22. The molecule has 3 rings (SSSR count). The van der Waals surface area contributed by atoms with Crippen LogP contribution in [0.1, 0.15) is 5.56 Å². The largest absolute Gasteiger partial charge is 0.354 e. The first-order valence-electron chi connectivity index (χ1n) is 9.60. The number of nitrogens with one attached hydrogen (secondary N) is 1. The third kappa shape index (κ3) is 6.27. The number of amides is 2. The third-order valence-corrected chi connectivity index (χ3v) is 5.38. The van der Waals surface area contributed by atoms with Gasteiger partial charge in [0.15, 0.2) is 0 Å². The number of halogens is 1. The van der Waals surface area contributed by atoms with E-state index in [9.17, 15) is 9.59 Å². The second-order valence-electron chi connectivity index (χ2n) is 7.26. The van der Waals surface area contributed by atoms with Crippen LogP contribution in [0.15, 0.2) is 47.1 Å². The maximum atomic E-state index is 12.5. The number of likely N-dealkylation sites (N-methyl/N-ethyl adjacent to an activating group) is 1. The molecule has 0 radical (unpaired) electrons. The minimum atomic E-state index is -0.198. The molecule has 2 amide bonds. The lowest BCUT2D eigenvalue weighted by Gasteiger charge is -2.35. The minimum absolute atomic E-state index is 0.0372. The molecule has 1 aliphatic heterocycles. The number of anilines is 2. The van der Waals surface area contributed by atoms with Crippen LogP contribution in [-0.2, 0) is 9.59 Å². The lowest BCUT2D eigenvalue weighted by atomic mass is 10.2. The van der Waals surface area contributed by atoms with Crippen molar-refractivity contribution in [2.24, 2.45) is 0 Å². The first kappa shape index (κ1) is 21.3. The first-order valence-corrected chi connectivity index (χ1v) is 10.4. The van der Waals surface area contributed by atoms with Gasteiger partial charge in [-0.2, -0.15) is 0 Å². The average molecular weight is 460 g/mol. The molecule has 0 spiro atoms. The lowest BCUT2D eigenvalue weighted by molar-refractivity contribution is -0.134. The van der Waals surface area contributed by atoms with E-state index in [0.717, 1.165) is 47.7 Å². The Morgan fingerprint density at radius 2 is 1.79 bits per heavy atom. The molecule has 1 aromatic heterocycles. The summed E-state index contributed by atoms with van der Waals surface area (Å²) >= 11 is 3.40. The Bertz CT molecular complexity index is 833. The van der Waals surface area contributed by atoms with Crippen molar-refractivity contribution in [3.8, 4) is 0 Å². The number of carbonyl (C=O) groups excluding carboxylic acids is 2. The van der Waals surface area contributed by atoms with Gasteiger partial charge in [0.05, 0.1) is 13.1 Å². The summed E-state index contributed by atoms with van der Waals surface area (Å²) in [6.45, 7) is 5.55. The fourth-order valence-corrected chi connectivity index (χ4v) is 3.38. The Morgan fingerprint density at radius 1 is 1.10 bits per heavy atom. The number of pyridine rings is 1. The van der Waals surface area contributed by atoms with E-state index in [1.807, 2.05) is 43.3 Å². The van der Waals surface area contributed by atoms with Gasteiger partial charge in [-0.25, -0.2) is 4.98 Å². The van der Waals surface area contributed by atoms with Crippen LogP contribution in [0.4, 0.5) is 11.5 Å². The SMILES string of the molecule is Cc1ccc(NC(=O)CN(C)C(=O)CN2CCN(c3ccc(Br)cn3)CC2)cc1. The quantitative estimate of drug-likeness (QED) is 0.717. The molecule has 1 aromatic carbocycles. The van der Waals surface area contributed by atoms with E-state index < -0.39 is 0 Å². The molecule has 0 unspecified atom stereocenters. The smallest absolute Gasteiger partial charge is 0.243 e. The maximum absolute atomic E-state index is 12.5. The summed E-state index contributed by atoms with van der Waals surface area (Å²) in [5.74, 6) is 0.694. The Balaban J connectivity index is 1.42. The molecule has 0 saturated carbocycles. The molecule has 0 bridgehead atoms. The summed E-state index contributed by atoms with van der Waals surface area (Å²) in [5.41, 5.74) is 1.87. The normalized spacial score (nSPS) is 14.5. The minimum Gasteiger partial charge on any atom is -0.354 e. The van der Waals surface area contributed by atoms with Gasteiger partial charge in [-0.3, -0.25) is 14.5 Å². The number of piperazine rings is 1. The fraction of sp³-hybridized carbons (Fsp3) is 0.381. The monoisotopic (exact) mass is 459 g/mol. The van der Waals surface area contributed by atoms with Crippen LogP contribution in [0, 0.1) is 6.92 Å². The van der Waals surface area contributed by atoms with Crippen molar-refractivity contribution in [1.82, 2.24) is 14.8 Å². The maximum Gasteiger partial charge on any atom is 0.243 e. The van der Waals surface area contributed by atoms with E-state index in [1.54, 1.807) is 13.2 Å². The van der Waals surface area contributed by atoms with Gasteiger partial charge in [0.25, 0.3) is 0 Å². The summed E-state index contributed by atoms with van der Waals surface area (Å²) in [6, 6.07) is 11.6. The van der Waals surface area contributed by atoms with E-state index in [0.29, 0.717) is 6.54 Å². The molecule has 1 saturated heterocycles. The Morgan fingerprint density at radius 3 is 2.41 bits per heavy atom. The highest BCUT2D eigenvalue weighted by Gasteiger charge is 2.22. The van der Waals surface area contributed by atoms with Crippen molar-refractivity contribution in [2.45, 2.75) is 6.92 Å². The molecule has 29 heavy (non-hydrogen) atoms. The summed E-state index contributed by atoms with van der Waals surface area (Å²) in [6.07, 6.45) is 1.79. The van der Waals surface area contributed by atoms with Gasteiger partial charge in [-0.1, -0.05) is 17.7 Å². The fourth-order valence-electron chi connectivity index (χ4n) is 3.14. The molecule has 7 nitrogen and oxygen atoms in total. The number of benzene rings is 1. The van der Waals surface area contributed by atoms with Gasteiger partial charge in [-0.15, -0.1) is 0 Å². The highest BCUT2D eigenvalue weighted by Crippen LogP contribution is 2.16. The van der Waals surface area contributed by atoms with Crippen LogP contribution < -0.4 is 10.2 Å². The van der Waals surface area contributed by atoms with Gasteiger partial charge in [0, 0.05) is 49.6 Å². The zero-order valence-corrected chi connectivity index (χ0v) is 18.4. The van der Waals surface area contributed by atoms with Crippen LogP contribution in [0.3, 0.4) is 0 Å². The molecule has 0 aliphatic carbocycles. The molecule has 1 N–H and O–H groups in total. The molecular formula is C21H26BrN5O2. The summed E-state index contributed by atoms with van der Waals surface area (Å²) in [4.78, 5) is 34.9. The highest BCUT2D eigenvalue weighted by atomic mass is 79.9. The van der Waals surface area contributed by atoms with E-state index in [2.05, 4.69) is 36.0 Å². The molecule has 2 heterocycles. The van der Waals surface area contributed by atoms with E-state index >= 15 is 0 Å². The van der Waals surface area contributed by atoms with Crippen LogP contribution in [-0.4, -0.2) is 72.9 Å². The van der Waals surface area contributed by atoms with Gasteiger partial charge < -0.3 is 15.1 Å². The number of nitrogens with zero attached hydrogens (tertiary/aromatic N) is 4. The molecule has 154 valence electrons. The van der Waals surface area contributed by atoms with Gasteiger partial charge in [0.2, 0.25) is 11.8 Å². The molecule has 1 aliphatic rings. The van der Waals surface area contributed by atoms with Crippen molar-refractivity contribution in [3.63, 3.8) is 0 Å². The topological polar surface area (TPSA) is 68.8 Å². The predicted octanol–water partition coefficient (Wildman–Crippen LogP) is 2.37. The zero-order valence-electron chi connectivity index (χ0n) is 16.8. The van der Waals surface area contributed by atoms with Gasteiger partial charge in [0.1, 0.15) is 5.82 Å². The van der Waals surface area contributed by atoms with Crippen LogP contribution >= 0.6 is 15.9 Å². The highest BCUT2D eigenvalue weighted by molar-refractivity contribution is 9.10. The van der Waals surface area contributed by atoms with Crippen molar-refractivity contribution >= 4 is 39.2 Å². The number of hydrogen-bond donors (Lipinski definition) is 1. The molecule has 0 atom stereocenters. The number of carbonyl (C=O) groups is 2. The summed E-state index contributed by atoms with van der Waals surface area (Å²) < 4.78 is 0.958. The standard InChI is InChI=1S/C21H26BrN5O2/c1-16-3-6-18(7-4-16)24-20(28)14-25(2)21(29)15-26-9-11-27(12-10-26)19-8-5-17(22)13-23-19/h3-8,13H,9-12,14-15H2,1-2H3,(H,24,28). The van der Waals surface area contributed by atoms with Gasteiger partial charge >= 0.3 is 0 Å². The van der Waals surface area contributed by atoms with Gasteiger partial charge in [-0.05, 0) is 47.1 Å². The number of hydrogen-bond acceptors (Lipinski definition) is 5. The lowest BCUT2D eigenvalue weighted by Crippen LogP contribution is -2.50. The first-order chi connectivity index (χ1) is 13.9. The Labute approximate surface area is 179 Å². The summed E-state index contributed by atoms with van der Waals surface area (Å²) in [5, 5.41) is 2.82. The van der Waals surface area contributed by atoms with Crippen LogP contribution in [0.2, 0.25) is 0 Å². The zero-order chi connectivity index (χ0) is 20.8. The van der Waals surface area contributed by atoms with Crippen molar-refractivity contribution in [3.05, 3.63) is 52.6 Å². The van der Waals surface area contributed by atoms with Crippen LogP contribution in [0.25, 0.3) is 0 Å². The average Bonchev–Trinajstić information content (AvgIpc) is 2.71. The number of aryl methyl sites for hydroxylation is 1. The molecule has 1 fully saturated rings. The molecule has 8 heteroatoms. The second-order valence-corrected chi connectivity index (χ2v) is 8.18. The summed E-state index contributed by atoms with van der Waals surface area (Å²) in [7, 11) is 1.67. The van der Waals surface area contributed by atoms with Crippen molar-refractivity contribution < 1.29 is 9.59 Å². The number of rotatable bonds is 6.